The molecule has 0 aliphatic heterocycles. The lowest BCUT2D eigenvalue weighted by molar-refractivity contribution is -0.138. The minimum absolute atomic E-state index is 0.243. The SMILES string of the molecule is CC/C=C\NCCCC(C)Nc1cnn(COCC[Si](C)(C)C)c(=O)c1C(F)(F)F. The molecule has 0 radical (unpaired) electrons. The number of rotatable bonds is 13. The third-order valence-electron chi connectivity index (χ3n) is 4.37. The molecule has 0 aliphatic carbocycles. The van der Waals surface area contributed by atoms with E-state index < -0.39 is 25.4 Å². The van der Waals surface area contributed by atoms with Gasteiger partial charge in [-0.3, -0.25) is 4.79 Å². The lowest BCUT2D eigenvalue weighted by Crippen LogP contribution is -2.34. The second-order valence-corrected chi connectivity index (χ2v) is 14.2. The number of ether oxygens (including phenoxy) is 1. The van der Waals surface area contributed by atoms with Crippen LogP contribution in [0.2, 0.25) is 25.7 Å². The molecule has 0 saturated carbocycles. The summed E-state index contributed by atoms with van der Waals surface area (Å²) in [5.74, 6) is 0. The van der Waals surface area contributed by atoms with Crippen LogP contribution < -0.4 is 16.2 Å². The molecule has 1 aromatic heterocycles. The zero-order valence-corrected chi connectivity index (χ0v) is 19.6. The van der Waals surface area contributed by atoms with Gasteiger partial charge in [0.2, 0.25) is 0 Å². The second-order valence-electron chi connectivity index (χ2n) is 8.54. The molecule has 30 heavy (non-hydrogen) atoms. The summed E-state index contributed by atoms with van der Waals surface area (Å²) >= 11 is 0. The first-order valence-corrected chi connectivity index (χ1v) is 14.1. The Labute approximate surface area is 177 Å². The van der Waals surface area contributed by atoms with Gasteiger partial charge in [0.15, 0.2) is 0 Å². The number of hydrogen-bond donors (Lipinski definition) is 2. The van der Waals surface area contributed by atoms with E-state index in [2.05, 4.69) is 35.4 Å². The standard InChI is InChI=1S/C20H35F3N4O2Si/c1-6-7-10-24-11-8-9-16(2)26-17-14-25-27(15-29-12-13-30(3,4)5)19(28)18(17)20(21,22)23/h7,10,14,16,24,26H,6,8-9,11-13,15H2,1-5H3/b10-7-. The topological polar surface area (TPSA) is 68.2 Å². The Morgan fingerprint density at radius 2 is 2.03 bits per heavy atom. The fourth-order valence-corrected chi connectivity index (χ4v) is 3.38. The molecule has 10 heteroatoms. The minimum atomic E-state index is -4.78. The minimum Gasteiger partial charge on any atom is -0.391 e. The van der Waals surface area contributed by atoms with Gasteiger partial charge in [-0.2, -0.15) is 18.3 Å². The van der Waals surface area contributed by atoms with Gasteiger partial charge in [0.05, 0.1) is 11.9 Å². The van der Waals surface area contributed by atoms with E-state index in [4.69, 9.17) is 4.74 Å². The van der Waals surface area contributed by atoms with Crippen molar-refractivity contribution in [1.29, 1.82) is 0 Å². The average molecular weight is 449 g/mol. The molecule has 1 atom stereocenters. The fourth-order valence-electron chi connectivity index (χ4n) is 2.63. The van der Waals surface area contributed by atoms with Crippen LogP contribution in [-0.4, -0.2) is 37.0 Å². The zero-order valence-electron chi connectivity index (χ0n) is 18.6. The summed E-state index contributed by atoms with van der Waals surface area (Å²) in [7, 11) is -1.33. The van der Waals surface area contributed by atoms with Gasteiger partial charge in [-0.25, -0.2) is 4.68 Å². The molecule has 1 unspecified atom stereocenters. The molecule has 0 spiro atoms. The third-order valence-corrected chi connectivity index (χ3v) is 6.07. The zero-order chi connectivity index (χ0) is 22.8. The van der Waals surface area contributed by atoms with Gasteiger partial charge in [0.25, 0.3) is 5.56 Å². The first-order valence-electron chi connectivity index (χ1n) is 10.4. The summed E-state index contributed by atoms with van der Waals surface area (Å²) in [5.41, 5.74) is -2.72. The van der Waals surface area contributed by atoms with Crippen LogP contribution in [0.1, 0.15) is 38.7 Å². The summed E-state index contributed by atoms with van der Waals surface area (Å²) in [4.78, 5) is 12.4. The lowest BCUT2D eigenvalue weighted by atomic mass is 10.1. The van der Waals surface area contributed by atoms with Crippen molar-refractivity contribution in [3.05, 3.63) is 34.4 Å². The summed E-state index contributed by atoms with van der Waals surface area (Å²) in [6, 6.07) is 0.613. The summed E-state index contributed by atoms with van der Waals surface area (Å²) in [6.07, 6.45) is 2.50. The molecule has 0 aromatic carbocycles. The molecule has 172 valence electrons. The number of aromatic nitrogens is 2. The van der Waals surface area contributed by atoms with Crippen molar-refractivity contribution in [1.82, 2.24) is 15.1 Å². The Balaban J connectivity index is 2.78. The average Bonchev–Trinajstić information content (AvgIpc) is 2.61. The molecule has 0 saturated heterocycles. The Morgan fingerprint density at radius 1 is 1.33 bits per heavy atom. The van der Waals surface area contributed by atoms with Crippen molar-refractivity contribution >= 4 is 13.8 Å². The normalized spacial score (nSPS) is 13.6. The molecule has 1 heterocycles. The Kier molecular flexibility index (Phi) is 10.6. The van der Waals surface area contributed by atoms with Gasteiger partial charge in [0, 0.05) is 27.3 Å². The van der Waals surface area contributed by atoms with E-state index in [1.165, 1.54) is 0 Å². The number of nitrogens with one attached hydrogen (secondary N) is 2. The summed E-state index contributed by atoms with van der Waals surface area (Å²) < 4.78 is 46.8. The van der Waals surface area contributed by atoms with Gasteiger partial charge in [0.1, 0.15) is 12.3 Å². The van der Waals surface area contributed by atoms with E-state index in [1.807, 2.05) is 19.2 Å². The maximum absolute atomic E-state index is 13.6. The third kappa shape index (κ3) is 9.79. The fraction of sp³-hybridized carbons (Fsp3) is 0.700. The van der Waals surface area contributed by atoms with E-state index in [1.54, 1.807) is 6.92 Å². The molecule has 1 aromatic rings. The van der Waals surface area contributed by atoms with Crippen LogP contribution in [0.25, 0.3) is 0 Å². The number of alkyl halides is 3. The first-order chi connectivity index (χ1) is 14.0. The Bertz CT molecular complexity index is 730. The highest BCUT2D eigenvalue weighted by molar-refractivity contribution is 6.76. The maximum Gasteiger partial charge on any atom is 0.423 e. The van der Waals surface area contributed by atoms with Crippen molar-refractivity contribution in [2.24, 2.45) is 0 Å². The Hall–Kier alpha value is -1.81. The van der Waals surface area contributed by atoms with Gasteiger partial charge in [-0.1, -0.05) is 32.6 Å². The highest BCUT2D eigenvalue weighted by Gasteiger charge is 2.38. The van der Waals surface area contributed by atoms with Crippen LogP contribution in [-0.2, 0) is 17.6 Å². The van der Waals surface area contributed by atoms with Crippen molar-refractivity contribution in [3.63, 3.8) is 0 Å². The highest BCUT2D eigenvalue weighted by Crippen LogP contribution is 2.32. The largest absolute Gasteiger partial charge is 0.423 e. The number of halogens is 3. The van der Waals surface area contributed by atoms with E-state index in [9.17, 15) is 18.0 Å². The van der Waals surface area contributed by atoms with Gasteiger partial charge < -0.3 is 15.4 Å². The van der Waals surface area contributed by atoms with E-state index in [-0.39, 0.29) is 18.5 Å². The van der Waals surface area contributed by atoms with E-state index in [0.29, 0.717) is 13.0 Å². The van der Waals surface area contributed by atoms with Crippen LogP contribution in [0, 0.1) is 0 Å². The smallest absolute Gasteiger partial charge is 0.391 e. The van der Waals surface area contributed by atoms with Crippen molar-refractivity contribution < 1.29 is 17.9 Å². The molecule has 0 bridgehead atoms. The van der Waals surface area contributed by atoms with Gasteiger partial charge in [-0.15, -0.1) is 0 Å². The van der Waals surface area contributed by atoms with Crippen LogP contribution in [0.3, 0.4) is 0 Å². The van der Waals surface area contributed by atoms with Crippen LogP contribution >= 0.6 is 0 Å². The maximum atomic E-state index is 13.6. The quantitative estimate of drug-likeness (QED) is 0.339. The van der Waals surface area contributed by atoms with Crippen molar-refractivity contribution in [2.75, 3.05) is 18.5 Å². The molecule has 0 aliphatic rings. The monoisotopic (exact) mass is 448 g/mol. The predicted molar refractivity (Wildman–Crippen MR) is 117 cm³/mol. The van der Waals surface area contributed by atoms with Gasteiger partial charge in [-0.05, 0) is 38.4 Å². The molecular weight excluding hydrogens is 413 g/mol. The predicted octanol–water partition coefficient (Wildman–Crippen LogP) is 4.67. The number of hydrogen-bond acceptors (Lipinski definition) is 5. The van der Waals surface area contributed by atoms with E-state index >= 15 is 0 Å². The molecule has 0 amide bonds. The van der Waals surface area contributed by atoms with Crippen LogP contribution in [0.4, 0.5) is 18.9 Å². The Morgan fingerprint density at radius 3 is 2.63 bits per heavy atom. The number of anilines is 1. The first kappa shape index (κ1) is 26.2. The van der Waals surface area contributed by atoms with Crippen molar-refractivity contribution in [2.45, 2.75) is 77.7 Å². The summed E-state index contributed by atoms with van der Waals surface area (Å²) in [5, 5.41) is 9.80. The second kappa shape index (κ2) is 12.1. The highest BCUT2D eigenvalue weighted by atomic mass is 28.3. The van der Waals surface area contributed by atoms with Gasteiger partial charge >= 0.3 is 6.18 Å². The van der Waals surface area contributed by atoms with Crippen LogP contribution in [0.15, 0.2) is 23.3 Å². The molecule has 6 nitrogen and oxygen atoms in total. The molecule has 1 rings (SSSR count). The molecular formula is C20H35F3N4O2Si. The lowest BCUT2D eigenvalue weighted by Gasteiger charge is -2.20. The van der Waals surface area contributed by atoms with E-state index in [0.717, 1.165) is 36.3 Å². The van der Waals surface area contributed by atoms with Crippen molar-refractivity contribution in [3.8, 4) is 0 Å². The molecule has 2 N–H and O–H groups in total. The number of nitrogens with zero attached hydrogens (tertiary/aromatic N) is 2. The number of allylic oxidation sites excluding steroid dienone is 1. The van der Waals surface area contributed by atoms with Crippen LogP contribution in [0.5, 0.6) is 0 Å². The molecule has 0 fully saturated rings. The summed E-state index contributed by atoms with van der Waals surface area (Å²) in [6.45, 7) is 11.1.